The molecule has 108 valence electrons. The molecule has 0 fully saturated rings. The summed E-state index contributed by atoms with van der Waals surface area (Å²) in [4.78, 5) is 12.0. The van der Waals surface area contributed by atoms with Gasteiger partial charge in [-0.15, -0.1) is 0 Å². The van der Waals surface area contributed by atoms with Crippen molar-refractivity contribution in [3.8, 4) is 0 Å². The summed E-state index contributed by atoms with van der Waals surface area (Å²) < 4.78 is 12.8. The van der Waals surface area contributed by atoms with Crippen LogP contribution in [0.3, 0.4) is 0 Å². The third-order valence-electron chi connectivity index (χ3n) is 2.90. The molecule has 1 amide bonds. The van der Waals surface area contributed by atoms with Crippen LogP contribution in [0.15, 0.2) is 42.5 Å². The van der Waals surface area contributed by atoms with Crippen molar-refractivity contribution in [1.29, 1.82) is 0 Å². The molecule has 0 atom stereocenters. The van der Waals surface area contributed by atoms with Gasteiger partial charge >= 0.3 is 7.12 Å². The highest BCUT2D eigenvalue weighted by Crippen LogP contribution is 2.09. The van der Waals surface area contributed by atoms with Crippen LogP contribution in [0.1, 0.15) is 15.9 Å². The van der Waals surface area contributed by atoms with E-state index in [0.29, 0.717) is 0 Å². The van der Waals surface area contributed by atoms with Gasteiger partial charge in [-0.1, -0.05) is 23.7 Å². The normalized spacial score (nSPS) is 10.3. The number of hydrogen-bond acceptors (Lipinski definition) is 3. The van der Waals surface area contributed by atoms with Crippen molar-refractivity contribution >= 4 is 30.1 Å². The molecule has 4 nitrogen and oxygen atoms in total. The lowest BCUT2D eigenvalue weighted by molar-refractivity contribution is 0.0951. The smallest absolute Gasteiger partial charge is 0.423 e. The van der Waals surface area contributed by atoms with Gasteiger partial charge in [-0.2, -0.15) is 0 Å². The number of benzene rings is 2. The Labute approximate surface area is 126 Å². The Kier molecular flexibility index (Phi) is 4.96. The maximum absolute atomic E-state index is 12.8. The van der Waals surface area contributed by atoms with Gasteiger partial charge in [-0.25, -0.2) is 4.39 Å². The summed E-state index contributed by atoms with van der Waals surface area (Å²) in [6.45, 7) is 0.235. The summed E-state index contributed by atoms with van der Waals surface area (Å²) in [5, 5.41) is 21.1. The van der Waals surface area contributed by atoms with E-state index in [2.05, 4.69) is 5.32 Å². The van der Waals surface area contributed by atoms with Gasteiger partial charge in [0, 0.05) is 22.6 Å². The topological polar surface area (TPSA) is 69.6 Å². The molecule has 0 saturated carbocycles. The molecule has 0 aliphatic heterocycles. The first-order valence-electron chi connectivity index (χ1n) is 6.15. The molecule has 0 radical (unpaired) electrons. The minimum atomic E-state index is -1.75. The second-order valence-electron chi connectivity index (χ2n) is 4.42. The van der Waals surface area contributed by atoms with Crippen LogP contribution < -0.4 is 10.8 Å². The van der Waals surface area contributed by atoms with Gasteiger partial charge in [0.25, 0.3) is 5.91 Å². The van der Waals surface area contributed by atoms with Crippen molar-refractivity contribution in [3.63, 3.8) is 0 Å². The lowest BCUT2D eigenvalue weighted by Gasteiger charge is -2.08. The number of halogens is 2. The number of amides is 1. The fraction of sp³-hybridized carbons (Fsp3) is 0.0714. The molecule has 7 heteroatoms. The molecule has 0 aliphatic rings. The lowest BCUT2D eigenvalue weighted by Crippen LogP contribution is -2.32. The van der Waals surface area contributed by atoms with Gasteiger partial charge < -0.3 is 15.4 Å². The Bertz CT molecular complexity index is 649. The lowest BCUT2D eigenvalue weighted by atomic mass is 9.79. The molecule has 0 unspecified atom stereocenters. The zero-order valence-corrected chi connectivity index (χ0v) is 11.6. The van der Waals surface area contributed by atoms with Crippen LogP contribution in [0.2, 0.25) is 5.02 Å². The average molecular weight is 308 g/mol. The summed E-state index contributed by atoms with van der Waals surface area (Å²) in [5.41, 5.74) is 1.07. The van der Waals surface area contributed by atoms with Gasteiger partial charge in [0.1, 0.15) is 5.82 Å². The van der Waals surface area contributed by atoms with E-state index in [1.165, 1.54) is 30.3 Å². The first kappa shape index (κ1) is 15.5. The van der Waals surface area contributed by atoms with Crippen molar-refractivity contribution in [2.24, 2.45) is 0 Å². The second kappa shape index (κ2) is 6.71. The second-order valence-corrected chi connectivity index (χ2v) is 4.83. The number of carbonyl (C=O) groups excluding carboxylic acids is 1. The summed E-state index contributed by atoms with van der Waals surface area (Å²) in [7, 11) is -1.75. The number of nitrogens with one attached hydrogen (secondary N) is 1. The van der Waals surface area contributed by atoms with Gasteiger partial charge in [0.2, 0.25) is 0 Å². The zero-order chi connectivity index (χ0) is 15.4. The Morgan fingerprint density at radius 1 is 1.19 bits per heavy atom. The maximum Gasteiger partial charge on any atom is 0.489 e. The van der Waals surface area contributed by atoms with E-state index in [0.717, 1.165) is 5.56 Å². The summed E-state index contributed by atoms with van der Waals surface area (Å²) in [6.07, 6.45) is 0. The highest BCUT2D eigenvalue weighted by molar-refractivity contribution is 6.62. The Morgan fingerprint density at radius 2 is 1.86 bits per heavy atom. The summed E-state index contributed by atoms with van der Waals surface area (Å²) in [5.74, 6) is -0.734. The predicted molar refractivity (Wildman–Crippen MR) is 78.8 cm³/mol. The van der Waals surface area contributed by atoms with Crippen LogP contribution in [0.5, 0.6) is 0 Å². The van der Waals surface area contributed by atoms with Crippen molar-refractivity contribution in [3.05, 3.63) is 64.4 Å². The minimum absolute atomic E-state index is 0.0612. The highest BCUT2D eigenvalue weighted by atomic mass is 35.5. The van der Waals surface area contributed by atoms with Crippen molar-refractivity contribution in [2.75, 3.05) is 0 Å². The summed E-state index contributed by atoms with van der Waals surface area (Å²) in [6, 6.07) is 9.97. The monoisotopic (exact) mass is 307 g/mol. The number of hydrogen-bond donors (Lipinski definition) is 3. The third-order valence-corrected chi connectivity index (χ3v) is 3.25. The van der Waals surface area contributed by atoms with Gasteiger partial charge in [-0.05, 0) is 35.9 Å². The van der Waals surface area contributed by atoms with Crippen LogP contribution in [-0.4, -0.2) is 23.1 Å². The van der Waals surface area contributed by atoms with Gasteiger partial charge in [0.15, 0.2) is 0 Å². The van der Waals surface area contributed by atoms with E-state index in [1.807, 2.05) is 0 Å². The summed E-state index contributed by atoms with van der Waals surface area (Å²) >= 11 is 5.80. The van der Waals surface area contributed by atoms with Crippen molar-refractivity contribution in [1.82, 2.24) is 5.32 Å². The molecule has 0 bridgehead atoms. The largest absolute Gasteiger partial charge is 0.489 e. The third kappa shape index (κ3) is 4.04. The average Bonchev–Trinajstić information content (AvgIpc) is 2.46. The van der Waals surface area contributed by atoms with E-state index >= 15 is 0 Å². The number of rotatable bonds is 4. The van der Waals surface area contributed by atoms with Crippen LogP contribution in [-0.2, 0) is 6.54 Å². The molecule has 0 heterocycles. The minimum Gasteiger partial charge on any atom is -0.423 e. The molecular formula is C14H12BClFNO3. The highest BCUT2D eigenvalue weighted by Gasteiger charge is 2.17. The molecule has 0 aromatic heterocycles. The van der Waals surface area contributed by atoms with E-state index in [4.69, 9.17) is 21.6 Å². The molecule has 0 spiro atoms. The van der Waals surface area contributed by atoms with Crippen LogP contribution >= 0.6 is 11.6 Å². The van der Waals surface area contributed by atoms with E-state index < -0.39 is 13.0 Å². The van der Waals surface area contributed by atoms with E-state index in [1.54, 1.807) is 12.1 Å². The van der Waals surface area contributed by atoms with Gasteiger partial charge in [0.05, 0.1) is 0 Å². The molecule has 2 aromatic carbocycles. The van der Waals surface area contributed by atoms with Gasteiger partial charge in [-0.3, -0.25) is 4.79 Å². The van der Waals surface area contributed by atoms with Crippen LogP contribution in [0.4, 0.5) is 4.39 Å². The Morgan fingerprint density at radius 3 is 2.48 bits per heavy atom. The quantitative estimate of drug-likeness (QED) is 0.741. The first-order chi connectivity index (χ1) is 9.97. The molecule has 0 aliphatic carbocycles. The van der Waals surface area contributed by atoms with Crippen molar-refractivity contribution < 1.29 is 19.2 Å². The molecule has 3 N–H and O–H groups in total. The molecule has 21 heavy (non-hydrogen) atoms. The number of carbonyl (C=O) groups is 1. The van der Waals surface area contributed by atoms with Crippen LogP contribution in [0.25, 0.3) is 0 Å². The molecule has 0 saturated heterocycles. The fourth-order valence-electron chi connectivity index (χ4n) is 1.77. The standard InChI is InChI=1S/C14H12BClFNO3/c16-13-6-3-10(7-12(13)15(20)21)14(19)18-8-9-1-4-11(17)5-2-9/h1-7,20-21H,8H2,(H,18,19). The Hall–Kier alpha value is -1.89. The maximum atomic E-state index is 12.8. The predicted octanol–water partition coefficient (Wildman–Crippen LogP) is 1.09. The zero-order valence-electron chi connectivity index (χ0n) is 10.9. The molecule has 2 aromatic rings. The fourth-order valence-corrected chi connectivity index (χ4v) is 1.98. The van der Waals surface area contributed by atoms with Crippen molar-refractivity contribution in [2.45, 2.75) is 6.54 Å². The van der Waals surface area contributed by atoms with E-state index in [-0.39, 0.29) is 28.4 Å². The Balaban J connectivity index is 2.06. The molecule has 2 rings (SSSR count). The molecular weight excluding hydrogens is 295 g/mol. The first-order valence-corrected chi connectivity index (χ1v) is 6.53. The van der Waals surface area contributed by atoms with E-state index in [9.17, 15) is 9.18 Å². The van der Waals surface area contributed by atoms with Crippen LogP contribution in [0, 0.1) is 5.82 Å². The SMILES string of the molecule is O=C(NCc1ccc(F)cc1)c1ccc(Cl)c(B(O)O)c1.